The molecule has 1 heterocycles. The maximum Gasteiger partial charge on any atom is 0.323 e. The van der Waals surface area contributed by atoms with Crippen molar-refractivity contribution in [2.24, 2.45) is 5.92 Å². The lowest BCUT2D eigenvalue weighted by Crippen LogP contribution is -2.50. The van der Waals surface area contributed by atoms with Gasteiger partial charge in [0.15, 0.2) is 5.75 Å². The van der Waals surface area contributed by atoms with E-state index in [1.165, 1.54) is 0 Å². The largest absolute Gasteiger partial charge is 0.485 e. The maximum atomic E-state index is 13.7. The molecule has 4 aromatic rings. The molecule has 0 saturated heterocycles. The molecule has 0 aromatic heterocycles. The minimum Gasteiger partial charge on any atom is -0.485 e. The molecule has 3 atom stereocenters. The van der Waals surface area contributed by atoms with Crippen molar-refractivity contribution in [1.29, 1.82) is 0 Å². The van der Waals surface area contributed by atoms with E-state index in [-0.39, 0.29) is 42.3 Å². The van der Waals surface area contributed by atoms with Crippen LogP contribution in [-0.2, 0) is 0 Å². The van der Waals surface area contributed by atoms with Crippen LogP contribution in [0.5, 0.6) is 5.75 Å². The lowest BCUT2D eigenvalue weighted by molar-refractivity contribution is 0.0373. The number of amides is 5. The minimum absolute atomic E-state index is 0.192. The maximum absolute atomic E-state index is 13.7. The fraction of sp³-hybridized carbons (Fsp3) is 0.265. The standard InChI is InChI=1S/C34H37N5O5/c1-22-19-39(23(2)21-40)32(41)27-16-10-18-29(36-33(42)35-25-13-5-4-6-14-25)31(27)44-30(22)20-38(3)34(43)37-28-17-9-12-24-11-7-8-15-26(24)28/h4-18,22-23,30,40H,19-21H2,1-3H3,(H,37,43)(H2,35,36,42)/t22-,23+,30+/m1/s1. The Balaban J connectivity index is 1.41. The molecule has 228 valence electrons. The summed E-state index contributed by atoms with van der Waals surface area (Å²) in [6.45, 7) is 3.99. The molecule has 10 nitrogen and oxygen atoms in total. The molecule has 44 heavy (non-hydrogen) atoms. The van der Waals surface area contributed by atoms with Gasteiger partial charge in [-0.25, -0.2) is 9.59 Å². The van der Waals surface area contributed by atoms with E-state index >= 15 is 0 Å². The topological polar surface area (TPSA) is 123 Å². The van der Waals surface area contributed by atoms with Gasteiger partial charge in [-0.1, -0.05) is 67.6 Å². The number of para-hydroxylation sites is 2. The van der Waals surface area contributed by atoms with Crippen molar-refractivity contribution in [2.75, 3.05) is 42.7 Å². The average Bonchev–Trinajstić information content (AvgIpc) is 3.03. The smallest absolute Gasteiger partial charge is 0.323 e. The van der Waals surface area contributed by atoms with Crippen LogP contribution >= 0.6 is 0 Å². The van der Waals surface area contributed by atoms with Gasteiger partial charge in [0, 0.05) is 30.6 Å². The van der Waals surface area contributed by atoms with Gasteiger partial charge in [0.1, 0.15) is 6.10 Å². The molecule has 0 fully saturated rings. The third-order valence-electron chi connectivity index (χ3n) is 7.80. The number of anilines is 3. The van der Waals surface area contributed by atoms with E-state index in [0.29, 0.717) is 23.6 Å². The second kappa shape index (κ2) is 13.5. The highest BCUT2D eigenvalue weighted by atomic mass is 16.5. The molecular weight excluding hydrogens is 558 g/mol. The van der Waals surface area contributed by atoms with Crippen LogP contribution in [0.15, 0.2) is 91.0 Å². The van der Waals surface area contributed by atoms with Crippen molar-refractivity contribution >= 4 is 45.8 Å². The van der Waals surface area contributed by atoms with Crippen molar-refractivity contribution < 1.29 is 24.2 Å². The molecule has 0 unspecified atom stereocenters. The quantitative estimate of drug-likeness (QED) is 0.213. The summed E-state index contributed by atoms with van der Waals surface area (Å²) >= 11 is 0. The number of nitrogens with zero attached hydrogens (tertiary/aromatic N) is 2. The summed E-state index contributed by atoms with van der Waals surface area (Å²) in [5, 5.41) is 20.5. The predicted octanol–water partition coefficient (Wildman–Crippen LogP) is 5.87. The first-order valence-corrected chi connectivity index (χ1v) is 14.6. The zero-order valence-electron chi connectivity index (χ0n) is 25.0. The Morgan fingerprint density at radius 2 is 1.61 bits per heavy atom. The van der Waals surface area contributed by atoms with Crippen molar-refractivity contribution in [3.05, 3.63) is 96.6 Å². The Bertz CT molecular complexity index is 1640. The number of ether oxygens (including phenoxy) is 1. The molecule has 0 aliphatic carbocycles. The Kier molecular flexibility index (Phi) is 9.30. The van der Waals surface area contributed by atoms with Crippen LogP contribution in [-0.4, -0.2) is 71.8 Å². The van der Waals surface area contributed by atoms with Crippen LogP contribution < -0.4 is 20.7 Å². The van der Waals surface area contributed by atoms with E-state index in [2.05, 4.69) is 16.0 Å². The highest BCUT2D eigenvalue weighted by molar-refractivity contribution is 6.04. The summed E-state index contributed by atoms with van der Waals surface area (Å²) in [5.74, 6) is -0.351. The van der Waals surface area contributed by atoms with Crippen LogP contribution in [0.3, 0.4) is 0 Å². The predicted molar refractivity (Wildman–Crippen MR) is 172 cm³/mol. The number of rotatable bonds is 7. The van der Waals surface area contributed by atoms with Crippen molar-refractivity contribution in [2.45, 2.75) is 26.0 Å². The summed E-state index contributed by atoms with van der Waals surface area (Å²) in [6.07, 6.45) is -0.557. The molecule has 4 aromatic carbocycles. The van der Waals surface area contributed by atoms with Crippen LogP contribution in [0, 0.1) is 5.92 Å². The minimum atomic E-state index is -0.557. The van der Waals surface area contributed by atoms with Gasteiger partial charge in [-0.05, 0) is 42.6 Å². The van der Waals surface area contributed by atoms with Gasteiger partial charge >= 0.3 is 12.1 Å². The fourth-order valence-corrected chi connectivity index (χ4v) is 5.26. The summed E-state index contributed by atoms with van der Waals surface area (Å²) in [6, 6.07) is 26.3. The van der Waals surface area contributed by atoms with Crippen LogP contribution in [0.2, 0.25) is 0 Å². The number of nitrogens with one attached hydrogen (secondary N) is 3. The lowest BCUT2D eigenvalue weighted by atomic mass is 9.99. The van der Waals surface area contributed by atoms with Gasteiger partial charge in [0.25, 0.3) is 5.91 Å². The van der Waals surface area contributed by atoms with E-state index in [0.717, 1.165) is 10.8 Å². The van der Waals surface area contributed by atoms with Gasteiger partial charge in [-0.15, -0.1) is 0 Å². The first kappa shape index (κ1) is 30.4. The zero-order valence-corrected chi connectivity index (χ0v) is 25.0. The number of benzene rings is 4. The molecule has 1 aliphatic heterocycles. The molecule has 5 rings (SSSR count). The zero-order chi connectivity index (χ0) is 31.2. The summed E-state index contributed by atoms with van der Waals surface area (Å²) in [4.78, 5) is 43.2. The number of urea groups is 2. The number of aliphatic hydroxyl groups excluding tert-OH is 1. The lowest BCUT2D eigenvalue weighted by Gasteiger charge is -2.38. The molecule has 0 radical (unpaired) electrons. The molecular formula is C34H37N5O5. The van der Waals surface area contributed by atoms with E-state index in [4.69, 9.17) is 4.74 Å². The number of aliphatic hydroxyl groups is 1. The molecule has 0 spiro atoms. The van der Waals surface area contributed by atoms with Gasteiger partial charge in [0.05, 0.1) is 36.1 Å². The number of carbonyl (C=O) groups is 3. The number of carbonyl (C=O) groups excluding carboxylic acids is 3. The van der Waals surface area contributed by atoms with Gasteiger partial charge in [-0.2, -0.15) is 0 Å². The van der Waals surface area contributed by atoms with Gasteiger partial charge < -0.3 is 35.6 Å². The second-order valence-electron chi connectivity index (χ2n) is 11.1. The summed E-state index contributed by atoms with van der Waals surface area (Å²) in [7, 11) is 1.69. The SMILES string of the molecule is C[C@@H]1CN([C@@H](C)CO)C(=O)c2cccc(NC(=O)Nc3ccccc3)c2O[C@H]1CN(C)C(=O)Nc1cccc2ccccc12. The Morgan fingerprint density at radius 1 is 0.932 bits per heavy atom. The van der Waals surface area contributed by atoms with E-state index in [1.807, 2.05) is 67.6 Å². The second-order valence-corrected chi connectivity index (χ2v) is 11.1. The third-order valence-corrected chi connectivity index (χ3v) is 7.80. The third kappa shape index (κ3) is 6.76. The molecule has 5 amide bonds. The number of hydrogen-bond acceptors (Lipinski definition) is 5. The fourth-order valence-electron chi connectivity index (χ4n) is 5.26. The van der Waals surface area contributed by atoms with E-state index in [1.54, 1.807) is 54.1 Å². The molecule has 1 aliphatic rings. The highest BCUT2D eigenvalue weighted by Crippen LogP contribution is 2.35. The summed E-state index contributed by atoms with van der Waals surface area (Å²) in [5.41, 5.74) is 1.86. The van der Waals surface area contributed by atoms with Crippen molar-refractivity contribution in [3.8, 4) is 5.75 Å². The number of hydrogen-bond donors (Lipinski definition) is 4. The number of likely N-dealkylation sites (N-methyl/N-ethyl adjacent to an activating group) is 1. The molecule has 0 saturated carbocycles. The van der Waals surface area contributed by atoms with Crippen LogP contribution in [0.4, 0.5) is 26.7 Å². The number of fused-ring (bicyclic) bond motifs is 2. The van der Waals surface area contributed by atoms with Crippen molar-refractivity contribution in [3.63, 3.8) is 0 Å². The molecule has 4 N–H and O–H groups in total. The highest BCUT2D eigenvalue weighted by Gasteiger charge is 2.35. The van der Waals surface area contributed by atoms with Gasteiger partial charge in [-0.3, -0.25) is 4.79 Å². The van der Waals surface area contributed by atoms with Crippen LogP contribution in [0.1, 0.15) is 24.2 Å². The Morgan fingerprint density at radius 3 is 2.39 bits per heavy atom. The average molecular weight is 596 g/mol. The van der Waals surface area contributed by atoms with Gasteiger partial charge in [0.2, 0.25) is 0 Å². The van der Waals surface area contributed by atoms with Crippen LogP contribution in [0.25, 0.3) is 10.8 Å². The normalized spacial score (nSPS) is 17.0. The molecule has 10 heteroatoms. The van der Waals surface area contributed by atoms with E-state index < -0.39 is 18.2 Å². The first-order valence-electron chi connectivity index (χ1n) is 14.6. The first-order chi connectivity index (χ1) is 21.2. The van der Waals surface area contributed by atoms with E-state index in [9.17, 15) is 19.5 Å². The molecule has 0 bridgehead atoms. The summed E-state index contributed by atoms with van der Waals surface area (Å²) < 4.78 is 6.53. The monoisotopic (exact) mass is 595 g/mol. The van der Waals surface area contributed by atoms with Crippen molar-refractivity contribution in [1.82, 2.24) is 9.80 Å². The Hall–Kier alpha value is -5.09. The Labute approximate surface area is 256 Å².